The van der Waals surface area contributed by atoms with Crippen molar-refractivity contribution in [2.75, 3.05) is 20.0 Å². The fourth-order valence-corrected chi connectivity index (χ4v) is 2.64. The lowest BCUT2D eigenvalue weighted by Gasteiger charge is -2.12. The van der Waals surface area contributed by atoms with E-state index in [4.69, 9.17) is 15.2 Å². The van der Waals surface area contributed by atoms with Crippen molar-refractivity contribution in [2.45, 2.75) is 16.7 Å². The fraction of sp³-hybridized carbons (Fsp3) is 0.200. The summed E-state index contributed by atoms with van der Waals surface area (Å²) in [4.78, 5) is 2.13. The maximum absolute atomic E-state index is 5.88. The third-order valence-corrected chi connectivity index (χ3v) is 3.81. The molecule has 2 rings (SSSR count). The number of ether oxygens (including phenoxy) is 2. The molecule has 0 radical (unpaired) electrons. The first-order valence-electron chi connectivity index (χ1n) is 5.90. The maximum atomic E-state index is 5.88. The van der Waals surface area contributed by atoms with Crippen LogP contribution in [0.15, 0.2) is 46.2 Å². The van der Waals surface area contributed by atoms with Gasteiger partial charge in [-0.2, -0.15) is 0 Å². The van der Waals surface area contributed by atoms with E-state index in [0.29, 0.717) is 11.4 Å². The van der Waals surface area contributed by atoms with E-state index in [1.165, 1.54) is 5.56 Å². The summed E-state index contributed by atoms with van der Waals surface area (Å²) in [5.41, 5.74) is 7.69. The number of hydrogen-bond donors (Lipinski definition) is 1. The molecule has 2 aromatic carbocycles. The largest absolute Gasteiger partial charge is 1.00 e. The Kier molecular flexibility index (Phi) is 6.05. The first-order chi connectivity index (χ1) is 9.13. The van der Waals surface area contributed by atoms with Gasteiger partial charge in [0.05, 0.1) is 24.8 Å². The van der Waals surface area contributed by atoms with Gasteiger partial charge in [-0.05, 0) is 25.1 Å². The molecule has 0 atom stereocenters. The lowest BCUT2D eigenvalue weighted by molar-refractivity contribution is -0.00000452. The normalized spacial score (nSPS) is 9.75. The van der Waals surface area contributed by atoms with Crippen molar-refractivity contribution in [3.8, 4) is 11.5 Å². The molecule has 0 saturated carbocycles. The Morgan fingerprint density at radius 2 is 1.55 bits per heavy atom. The first-order valence-corrected chi connectivity index (χ1v) is 6.71. The number of nitrogen functional groups attached to an aromatic ring is 1. The minimum absolute atomic E-state index is 0. The molecule has 0 aliphatic rings. The molecule has 0 aliphatic heterocycles. The molecule has 0 heterocycles. The smallest absolute Gasteiger partial charge is 0.143 e. The summed E-state index contributed by atoms with van der Waals surface area (Å²) < 4.78 is 10.6. The summed E-state index contributed by atoms with van der Waals surface area (Å²) in [6.07, 6.45) is 0. The Morgan fingerprint density at radius 1 is 0.950 bits per heavy atom. The molecule has 0 amide bonds. The van der Waals surface area contributed by atoms with Gasteiger partial charge in [-0.1, -0.05) is 29.5 Å². The van der Waals surface area contributed by atoms with Crippen molar-refractivity contribution in [3.63, 3.8) is 0 Å². The van der Waals surface area contributed by atoms with Gasteiger partial charge in [0.15, 0.2) is 0 Å². The summed E-state index contributed by atoms with van der Waals surface area (Å²) in [7, 11) is 3.25. The van der Waals surface area contributed by atoms with E-state index in [1.54, 1.807) is 32.0 Å². The lowest BCUT2D eigenvalue weighted by Crippen LogP contribution is -3.00. The van der Waals surface area contributed by atoms with Crippen molar-refractivity contribution in [1.29, 1.82) is 0 Å². The standard InChI is InChI=1S/C15H17NO2S.ClH/c1-10-4-6-11(7-5-10)19-15-9-13(17-2)12(16)8-14(15)18-3;/h4-9H,16H2,1-3H3;1H/p-1. The summed E-state index contributed by atoms with van der Waals surface area (Å²) >= 11 is 1.63. The van der Waals surface area contributed by atoms with Crippen LogP contribution in [0.5, 0.6) is 11.5 Å². The number of hydrogen-bond acceptors (Lipinski definition) is 4. The summed E-state index contributed by atoms with van der Waals surface area (Å²) in [6, 6.07) is 12.0. The molecule has 0 spiro atoms. The van der Waals surface area contributed by atoms with Crippen LogP contribution in [0.3, 0.4) is 0 Å². The van der Waals surface area contributed by atoms with Gasteiger partial charge < -0.3 is 27.6 Å². The highest BCUT2D eigenvalue weighted by atomic mass is 35.5. The first kappa shape index (κ1) is 16.5. The minimum atomic E-state index is 0. The second-order valence-corrected chi connectivity index (χ2v) is 5.28. The second kappa shape index (κ2) is 7.31. The number of nitrogens with two attached hydrogens (primary N) is 1. The van der Waals surface area contributed by atoms with Crippen molar-refractivity contribution < 1.29 is 21.9 Å². The van der Waals surface area contributed by atoms with E-state index < -0.39 is 0 Å². The van der Waals surface area contributed by atoms with Gasteiger partial charge in [0.25, 0.3) is 0 Å². The zero-order valence-corrected chi connectivity index (χ0v) is 13.2. The van der Waals surface area contributed by atoms with Crippen LogP contribution < -0.4 is 27.6 Å². The average Bonchev–Trinajstić information content (AvgIpc) is 2.42. The number of halogens is 1. The van der Waals surface area contributed by atoms with Crippen molar-refractivity contribution >= 4 is 17.4 Å². The quantitative estimate of drug-likeness (QED) is 0.847. The number of methoxy groups -OCH3 is 2. The van der Waals surface area contributed by atoms with E-state index in [2.05, 4.69) is 31.2 Å². The van der Waals surface area contributed by atoms with Crippen molar-refractivity contribution in [1.82, 2.24) is 0 Å². The fourth-order valence-electron chi connectivity index (χ4n) is 1.71. The Balaban J connectivity index is 0.00000200. The molecule has 5 heteroatoms. The minimum Gasteiger partial charge on any atom is -1.00 e. The lowest BCUT2D eigenvalue weighted by atomic mass is 10.2. The zero-order valence-electron chi connectivity index (χ0n) is 11.6. The van der Waals surface area contributed by atoms with Gasteiger partial charge in [0, 0.05) is 11.0 Å². The highest BCUT2D eigenvalue weighted by molar-refractivity contribution is 7.99. The zero-order chi connectivity index (χ0) is 13.8. The Bertz CT molecular complexity index is 573. The van der Waals surface area contributed by atoms with Gasteiger partial charge in [-0.25, -0.2) is 0 Å². The van der Waals surface area contributed by atoms with Crippen LogP contribution >= 0.6 is 11.8 Å². The number of rotatable bonds is 4. The van der Waals surface area contributed by atoms with E-state index >= 15 is 0 Å². The molecular weight excluding hydrogens is 294 g/mol. The predicted octanol–water partition coefficient (Wildman–Crippen LogP) is 0.750. The van der Waals surface area contributed by atoms with E-state index in [0.717, 1.165) is 15.5 Å². The second-order valence-electron chi connectivity index (χ2n) is 4.16. The number of aryl methyl sites for hydroxylation is 1. The molecule has 0 fully saturated rings. The molecule has 2 aromatic rings. The monoisotopic (exact) mass is 310 g/mol. The van der Waals surface area contributed by atoms with Gasteiger partial charge in [-0.15, -0.1) is 0 Å². The Hall–Kier alpha value is -1.52. The summed E-state index contributed by atoms with van der Waals surface area (Å²) in [5.74, 6) is 1.42. The van der Waals surface area contributed by atoms with Gasteiger partial charge in [-0.3, -0.25) is 0 Å². The topological polar surface area (TPSA) is 44.5 Å². The molecule has 20 heavy (non-hydrogen) atoms. The number of anilines is 1. The molecule has 0 aliphatic carbocycles. The van der Waals surface area contributed by atoms with Crippen molar-refractivity contribution in [2.24, 2.45) is 0 Å². The van der Waals surface area contributed by atoms with Crippen LogP contribution in [0.4, 0.5) is 5.69 Å². The molecule has 0 unspecified atom stereocenters. The highest BCUT2D eigenvalue weighted by Crippen LogP contribution is 2.40. The van der Waals surface area contributed by atoms with Gasteiger partial charge in [0.2, 0.25) is 0 Å². The SMILES string of the molecule is COc1cc(Sc2ccc(C)cc2)c(OC)cc1N.[Cl-]. The van der Waals surface area contributed by atoms with E-state index in [9.17, 15) is 0 Å². The van der Waals surface area contributed by atoms with Crippen LogP contribution in [-0.4, -0.2) is 14.2 Å². The van der Waals surface area contributed by atoms with Gasteiger partial charge >= 0.3 is 0 Å². The van der Waals surface area contributed by atoms with Crippen molar-refractivity contribution in [3.05, 3.63) is 42.0 Å². The highest BCUT2D eigenvalue weighted by Gasteiger charge is 2.10. The van der Waals surface area contributed by atoms with Crippen LogP contribution in [0.1, 0.15) is 5.56 Å². The van der Waals surface area contributed by atoms with E-state index in [-0.39, 0.29) is 12.4 Å². The van der Waals surface area contributed by atoms with Crippen LogP contribution in [-0.2, 0) is 0 Å². The van der Waals surface area contributed by atoms with Crippen LogP contribution in [0, 0.1) is 6.92 Å². The summed E-state index contributed by atoms with van der Waals surface area (Å²) in [6.45, 7) is 2.07. The third kappa shape index (κ3) is 3.74. The van der Waals surface area contributed by atoms with Crippen LogP contribution in [0.2, 0.25) is 0 Å². The molecule has 108 valence electrons. The average molecular weight is 311 g/mol. The number of benzene rings is 2. The molecule has 2 N–H and O–H groups in total. The summed E-state index contributed by atoms with van der Waals surface area (Å²) in [5, 5.41) is 0. The molecule has 3 nitrogen and oxygen atoms in total. The Labute approximate surface area is 129 Å². The van der Waals surface area contributed by atoms with E-state index in [1.807, 2.05) is 6.07 Å². The third-order valence-electron chi connectivity index (χ3n) is 2.76. The van der Waals surface area contributed by atoms with Crippen LogP contribution in [0.25, 0.3) is 0 Å². The predicted molar refractivity (Wildman–Crippen MR) is 79.3 cm³/mol. The molecule has 0 aromatic heterocycles. The van der Waals surface area contributed by atoms with Gasteiger partial charge in [0.1, 0.15) is 11.5 Å². The maximum Gasteiger partial charge on any atom is 0.143 e. The molecular formula is C15H17ClNO2S-. The molecule has 0 bridgehead atoms. The Morgan fingerprint density at radius 3 is 2.10 bits per heavy atom. The molecule has 0 saturated heterocycles.